The number of aromatic hydroxyl groups is 1. The molecule has 0 saturated carbocycles. The number of thioether (sulfide) groups is 1. The molecule has 2 aromatic carbocycles. The van der Waals surface area contributed by atoms with Crippen molar-refractivity contribution in [1.82, 2.24) is 5.32 Å². The Labute approximate surface area is 188 Å². The monoisotopic (exact) mass is 458 g/mol. The van der Waals surface area contributed by atoms with E-state index in [9.17, 15) is 23.9 Å². The molecule has 2 saturated heterocycles. The summed E-state index contributed by atoms with van der Waals surface area (Å²) >= 11 is 1.52. The minimum Gasteiger partial charge on any atom is -0.508 e. The van der Waals surface area contributed by atoms with Gasteiger partial charge in [0, 0.05) is 6.04 Å². The number of phenolic OH excluding ortho intramolecular Hbond substituents is 1. The van der Waals surface area contributed by atoms with Crippen LogP contribution in [0.3, 0.4) is 0 Å². The molecule has 4 atom stereocenters. The van der Waals surface area contributed by atoms with E-state index in [1.807, 2.05) is 6.26 Å². The maximum atomic E-state index is 13.6. The average Bonchev–Trinajstić information content (AvgIpc) is 3.27. The van der Waals surface area contributed by atoms with Gasteiger partial charge in [0.25, 0.3) is 0 Å². The van der Waals surface area contributed by atoms with Crippen LogP contribution in [0, 0.1) is 17.7 Å². The maximum absolute atomic E-state index is 13.6. The lowest BCUT2D eigenvalue weighted by molar-refractivity contribution is -0.152. The second-order valence-corrected chi connectivity index (χ2v) is 8.90. The Balaban J connectivity index is 1.85. The highest BCUT2D eigenvalue weighted by Gasteiger charge is 2.68. The van der Waals surface area contributed by atoms with Gasteiger partial charge in [-0.3, -0.25) is 19.7 Å². The fourth-order valence-corrected chi connectivity index (χ4v) is 5.31. The van der Waals surface area contributed by atoms with Gasteiger partial charge in [-0.2, -0.15) is 11.8 Å². The summed E-state index contributed by atoms with van der Waals surface area (Å²) in [6.45, 7) is 0. The average molecular weight is 459 g/mol. The number of nitrogens with zero attached hydrogens (tertiary/aromatic N) is 1. The zero-order valence-corrected chi connectivity index (χ0v) is 18.4. The van der Waals surface area contributed by atoms with Crippen molar-refractivity contribution >= 4 is 35.2 Å². The molecule has 2 heterocycles. The molecular weight excluding hydrogens is 435 g/mol. The minimum absolute atomic E-state index is 0.0617. The number of hydrogen-bond acceptors (Lipinski definition) is 7. The second kappa shape index (κ2) is 8.55. The molecule has 2 fully saturated rings. The molecule has 2 aromatic rings. The highest BCUT2D eigenvalue weighted by atomic mass is 32.2. The van der Waals surface area contributed by atoms with Gasteiger partial charge in [-0.1, -0.05) is 12.1 Å². The summed E-state index contributed by atoms with van der Waals surface area (Å²) in [5.41, 5.74) is -0.481. The Morgan fingerprint density at radius 1 is 1.16 bits per heavy atom. The fraction of sp³-hybridized carbons (Fsp3) is 0.348. The summed E-state index contributed by atoms with van der Waals surface area (Å²) in [5.74, 6) is -3.31. The first-order chi connectivity index (χ1) is 15.3. The van der Waals surface area contributed by atoms with E-state index in [0.717, 1.165) is 4.90 Å². The van der Waals surface area contributed by atoms with E-state index < -0.39 is 47.0 Å². The van der Waals surface area contributed by atoms with E-state index >= 15 is 0 Å². The van der Waals surface area contributed by atoms with Crippen LogP contribution in [0.5, 0.6) is 5.75 Å². The Morgan fingerprint density at radius 2 is 1.81 bits per heavy atom. The number of imide groups is 1. The van der Waals surface area contributed by atoms with E-state index in [0.29, 0.717) is 11.3 Å². The van der Waals surface area contributed by atoms with Crippen LogP contribution in [-0.2, 0) is 19.1 Å². The van der Waals surface area contributed by atoms with Crippen LogP contribution in [0.15, 0.2) is 48.5 Å². The lowest BCUT2D eigenvalue weighted by Gasteiger charge is -2.32. The van der Waals surface area contributed by atoms with Crippen LogP contribution >= 0.6 is 11.8 Å². The summed E-state index contributed by atoms with van der Waals surface area (Å²) in [5, 5.41) is 13.0. The van der Waals surface area contributed by atoms with E-state index in [1.165, 1.54) is 55.3 Å². The van der Waals surface area contributed by atoms with Gasteiger partial charge in [0.05, 0.1) is 24.6 Å². The highest BCUT2D eigenvalue weighted by molar-refractivity contribution is 7.98. The molecule has 2 aliphatic rings. The molecule has 4 rings (SSSR count). The van der Waals surface area contributed by atoms with Crippen molar-refractivity contribution in [3.05, 3.63) is 59.9 Å². The summed E-state index contributed by atoms with van der Waals surface area (Å²) in [6.07, 6.45) is 2.17. The number of nitrogens with one attached hydrogen (secondary N) is 1. The number of carbonyl (C=O) groups excluding carboxylic acids is 3. The van der Waals surface area contributed by atoms with Gasteiger partial charge in [0.2, 0.25) is 11.8 Å². The van der Waals surface area contributed by atoms with Gasteiger partial charge in [0.15, 0.2) is 0 Å². The SMILES string of the molecule is COC(=O)[C@]1(CCSC)N[C@H](c2ccc(O)cc2)[C@H]2C(=O)N(c3ccc(F)cc3)C(=O)[C@H]21. The molecule has 0 aliphatic carbocycles. The third-order valence-electron chi connectivity index (χ3n) is 6.24. The summed E-state index contributed by atoms with van der Waals surface area (Å²) in [4.78, 5) is 41.3. The molecule has 0 spiro atoms. The molecule has 2 N–H and O–H groups in total. The van der Waals surface area contributed by atoms with Gasteiger partial charge in [0.1, 0.15) is 17.1 Å². The summed E-state index contributed by atoms with van der Waals surface area (Å²) < 4.78 is 18.6. The predicted octanol–water partition coefficient (Wildman–Crippen LogP) is 2.65. The Hall–Kier alpha value is -2.91. The van der Waals surface area contributed by atoms with Crippen molar-refractivity contribution in [2.75, 3.05) is 24.0 Å². The summed E-state index contributed by atoms with van der Waals surface area (Å²) in [7, 11) is 1.26. The molecule has 0 unspecified atom stereocenters. The number of halogens is 1. The molecule has 9 heteroatoms. The molecule has 2 amide bonds. The van der Waals surface area contributed by atoms with Crippen molar-refractivity contribution in [3.63, 3.8) is 0 Å². The quantitative estimate of drug-likeness (QED) is 0.508. The van der Waals surface area contributed by atoms with Gasteiger partial charge in [-0.25, -0.2) is 9.29 Å². The molecule has 168 valence electrons. The number of ether oxygens (including phenoxy) is 1. The largest absolute Gasteiger partial charge is 0.508 e. The van der Waals surface area contributed by atoms with E-state index in [-0.39, 0.29) is 17.9 Å². The summed E-state index contributed by atoms with van der Waals surface area (Å²) in [6, 6.07) is 10.8. The Kier molecular flexibility index (Phi) is 5.96. The number of hydrogen-bond donors (Lipinski definition) is 2. The molecular formula is C23H23FN2O5S. The molecule has 7 nitrogen and oxygen atoms in total. The van der Waals surface area contributed by atoms with Crippen molar-refractivity contribution in [2.24, 2.45) is 11.8 Å². The lowest BCUT2D eigenvalue weighted by atomic mass is 9.78. The number of benzene rings is 2. The molecule has 0 bridgehead atoms. The van der Waals surface area contributed by atoms with Crippen LogP contribution in [-0.4, -0.2) is 47.5 Å². The van der Waals surface area contributed by atoms with Crippen molar-refractivity contribution < 1.29 is 28.6 Å². The third kappa shape index (κ3) is 3.45. The smallest absolute Gasteiger partial charge is 0.326 e. The number of phenols is 1. The number of methoxy groups -OCH3 is 1. The second-order valence-electron chi connectivity index (χ2n) is 7.91. The van der Waals surface area contributed by atoms with Crippen molar-refractivity contribution in [2.45, 2.75) is 18.0 Å². The Bertz CT molecular complexity index is 1050. The number of fused-ring (bicyclic) bond motifs is 1. The van der Waals surface area contributed by atoms with Crippen LogP contribution in [0.4, 0.5) is 10.1 Å². The predicted molar refractivity (Wildman–Crippen MR) is 118 cm³/mol. The number of amides is 2. The van der Waals surface area contributed by atoms with Gasteiger partial charge < -0.3 is 9.84 Å². The standard InChI is InChI=1S/C23H23FN2O5S/c1-31-22(30)23(11-12-32-2)18-17(19(25-23)13-3-9-16(27)10-4-13)20(28)26(21(18)29)15-7-5-14(24)6-8-15/h3-10,17-19,25,27H,11-12H2,1-2H3/t17-,18-,19+,23+/m0/s1. The Morgan fingerprint density at radius 3 is 2.41 bits per heavy atom. The van der Waals surface area contributed by atoms with Crippen molar-refractivity contribution in [1.29, 1.82) is 0 Å². The topological polar surface area (TPSA) is 95.9 Å². The number of rotatable bonds is 6. The van der Waals surface area contributed by atoms with Crippen LogP contribution in [0.1, 0.15) is 18.0 Å². The third-order valence-corrected chi connectivity index (χ3v) is 6.85. The van der Waals surface area contributed by atoms with Gasteiger partial charge in [-0.15, -0.1) is 0 Å². The zero-order valence-electron chi connectivity index (χ0n) is 17.6. The van der Waals surface area contributed by atoms with E-state index in [4.69, 9.17) is 4.74 Å². The first-order valence-corrected chi connectivity index (χ1v) is 11.5. The lowest BCUT2D eigenvalue weighted by Crippen LogP contribution is -2.56. The molecule has 2 aliphatic heterocycles. The first-order valence-electron chi connectivity index (χ1n) is 10.1. The highest BCUT2D eigenvalue weighted by Crippen LogP contribution is 2.51. The number of anilines is 1. The fourth-order valence-electron chi connectivity index (χ4n) is 4.78. The van der Waals surface area contributed by atoms with E-state index in [1.54, 1.807) is 12.1 Å². The van der Waals surface area contributed by atoms with Gasteiger partial charge in [-0.05, 0) is 60.4 Å². The normalized spacial score (nSPS) is 27.0. The number of carbonyl (C=O) groups is 3. The number of esters is 1. The van der Waals surface area contributed by atoms with E-state index in [2.05, 4.69) is 5.32 Å². The van der Waals surface area contributed by atoms with Crippen molar-refractivity contribution in [3.8, 4) is 5.75 Å². The zero-order chi connectivity index (χ0) is 23.0. The minimum atomic E-state index is -1.40. The van der Waals surface area contributed by atoms with Crippen LogP contribution in [0.2, 0.25) is 0 Å². The van der Waals surface area contributed by atoms with Gasteiger partial charge >= 0.3 is 5.97 Å². The van der Waals surface area contributed by atoms with Crippen LogP contribution in [0.25, 0.3) is 0 Å². The molecule has 0 radical (unpaired) electrons. The maximum Gasteiger partial charge on any atom is 0.326 e. The molecule has 32 heavy (non-hydrogen) atoms. The molecule has 0 aromatic heterocycles. The van der Waals surface area contributed by atoms with Crippen LogP contribution < -0.4 is 10.2 Å². The first kappa shape index (κ1) is 22.3.